The Kier molecular flexibility index (Phi) is 6.47. The Bertz CT molecular complexity index is 520. The number of amides is 4. The van der Waals surface area contributed by atoms with Crippen LogP contribution in [0.15, 0.2) is 0 Å². The molecule has 0 unspecified atom stereocenters. The summed E-state index contributed by atoms with van der Waals surface area (Å²) in [6.45, 7) is 8.16. The molecule has 2 fully saturated rings. The highest BCUT2D eigenvalue weighted by molar-refractivity contribution is 6.09. The Morgan fingerprint density at radius 2 is 2.00 bits per heavy atom. The number of hydrogen-bond donors (Lipinski definition) is 2. The van der Waals surface area contributed by atoms with E-state index in [0.29, 0.717) is 12.3 Å². The molecular formula is C19H33N3O3. The summed E-state index contributed by atoms with van der Waals surface area (Å²) in [4.78, 5) is 38.5. The van der Waals surface area contributed by atoms with E-state index in [1.165, 1.54) is 0 Å². The molecule has 0 aromatic heterocycles. The zero-order chi connectivity index (χ0) is 18.6. The van der Waals surface area contributed by atoms with Crippen LogP contribution in [-0.4, -0.2) is 40.9 Å². The highest BCUT2D eigenvalue weighted by Crippen LogP contribution is 2.38. The lowest BCUT2D eigenvalue weighted by Crippen LogP contribution is -2.54. The van der Waals surface area contributed by atoms with Crippen molar-refractivity contribution in [1.29, 1.82) is 0 Å². The molecule has 1 saturated carbocycles. The predicted molar refractivity (Wildman–Crippen MR) is 96.9 cm³/mol. The van der Waals surface area contributed by atoms with E-state index in [-0.39, 0.29) is 30.3 Å². The van der Waals surface area contributed by atoms with Crippen molar-refractivity contribution in [3.63, 3.8) is 0 Å². The molecule has 25 heavy (non-hydrogen) atoms. The van der Waals surface area contributed by atoms with Gasteiger partial charge in [0.15, 0.2) is 0 Å². The summed E-state index contributed by atoms with van der Waals surface area (Å²) >= 11 is 0. The molecule has 1 saturated heterocycles. The summed E-state index contributed by atoms with van der Waals surface area (Å²) < 4.78 is 0. The first-order chi connectivity index (χ1) is 11.8. The molecule has 6 nitrogen and oxygen atoms in total. The highest BCUT2D eigenvalue weighted by atomic mass is 16.2. The van der Waals surface area contributed by atoms with Gasteiger partial charge in [0.05, 0.1) is 0 Å². The zero-order valence-corrected chi connectivity index (χ0v) is 16.1. The van der Waals surface area contributed by atoms with E-state index in [4.69, 9.17) is 0 Å². The number of hydrogen-bond acceptors (Lipinski definition) is 3. The summed E-state index contributed by atoms with van der Waals surface area (Å²) in [5.74, 6) is 0.275. The molecule has 2 rings (SSSR count). The molecule has 6 heteroatoms. The summed E-state index contributed by atoms with van der Waals surface area (Å²) in [5, 5.41) is 5.79. The maximum Gasteiger partial charge on any atom is 0.325 e. The van der Waals surface area contributed by atoms with E-state index < -0.39 is 11.6 Å². The average Bonchev–Trinajstić information content (AvgIpc) is 2.75. The van der Waals surface area contributed by atoms with Gasteiger partial charge in [0.1, 0.15) is 12.1 Å². The molecule has 4 amide bonds. The first-order valence-electron chi connectivity index (χ1n) is 9.69. The van der Waals surface area contributed by atoms with Crippen LogP contribution in [0.4, 0.5) is 4.79 Å². The molecule has 2 N–H and O–H groups in total. The smallest absolute Gasteiger partial charge is 0.325 e. The number of rotatable bonds is 7. The Morgan fingerprint density at radius 1 is 1.28 bits per heavy atom. The van der Waals surface area contributed by atoms with Gasteiger partial charge in [0.25, 0.3) is 5.91 Å². The third-order valence-corrected chi connectivity index (χ3v) is 5.63. The van der Waals surface area contributed by atoms with Crippen LogP contribution in [0.2, 0.25) is 0 Å². The number of carbonyl (C=O) groups excluding carboxylic acids is 3. The fourth-order valence-electron chi connectivity index (χ4n) is 4.01. The molecule has 0 aromatic rings. The van der Waals surface area contributed by atoms with Gasteiger partial charge in [-0.1, -0.05) is 46.5 Å². The third-order valence-electron chi connectivity index (χ3n) is 5.63. The van der Waals surface area contributed by atoms with Crippen LogP contribution in [0.5, 0.6) is 0 Å². The van der Waals surface area contributed by atoms with Gasteiger partial charge in [-0.2, -0.15) is 0 Å². The normalized spacial score (nSPS) is 27.7. The van der Waals surface area contributed by atoms with Crippen LogP contribution in [0, 0.1) is 11.8 Å². The molecule has 0 aromatic carbocycles. The SMILES string of the molecule is CC(C)CCC[C@H](C)NC(=O)CN1C(=O)N[C@]2(CCCC[C@H]2C)C1=O. The average molecular weight is 351 g/mol. The van der Waals surface area contributed by atoms with E-state index in [0.717, 1.165) is 43.4 Å². The molecule has 2 aliphatic rings. The molecule has 1 spiro atoms. The molecule has 0 radical (unpaired) electrons. The number of carbonyl (C=O) groups is 3. The van der Waals surface area contributed by atoms with Crippen LogP contribution in [0.25, 0.3) is 0 Å². The quantitative estimate of drug-likeness (QED) is 0.692. The lowest BCUT2D eigenvalue weighted by atomic mass is 9.73. The van der Waals surface area contributed by atoms with Crippen molar-refractivity contribution >= 4 is 17.8 Å². The summed E-state index contributed by atoms with van der Waals surface area (Å²) in [6, 6.07) is -0.379. The lowest BCUT2D eigenvalue weighted by molar-refractivity contribution is -0.137. The van der Waals surface area contributed by atoms with Crippen molar-refractivity contribution in [1.82, 2.24) is 15.5 Å². The summed E-state index contributed by atoms with van der Waals surface area (Å²) in [5.41, 5.74) is -0.793. The molecule has 1 heterocycles. The second-order valence-corrected chi connectivity index (χ2v) is 8.23. The lowest BCUT2D eigenvalue weighted by Gasteiger charge is -2.36. The second-order valence-electron chi connectivity index (χ2n) is 8.23. The minimum absolute atomic E-state index is 0.0505. The molecule has 1 aliphatic heterocycles. The maximum atomic E-state index is 12.8. The van der Waals surface area contributed by atoms with Crippen LogP contribution in [0.3, 0.4) is 0 Å². The number of nitrogens with zero attached hydrogens (tertiary/aromatic N) is 1. The minimum Gasteiger partial charge on any atom is -0.352 e. The van der Waals surface area contributed by atoms with Gasteiger partial charge < -0.3 is 10.6 Å². The van der Waals surface area contributed by atoms with Gasteiger partial charge in [-0.25, -0.2) is 4.79 Å². The van der Waals surface area contributed by atoms with Gasteiger partial charge in [-0.05, 0) is 38.0 Å². The van der Waals surface area contributed by atoms with Crippen LogP contribution < -0.4 is 10.6 Å². The fourth-order valence-corrected chi connectivity index (χ4v) is 4.01. The van der Waals surface area contributed by atoms with Crippen LogP contribution >= 0.6 is 0 Å². The molecule has 1 aliphatic carbocycles. The van der Waals surface area contributed by atoms with E-state index in [1.807, 2.05) is 13.8 Å². The van der Waals surface area contributed by atoms with Crippen molar-refractivity contribution in [2.24, 2.45) is 11.8 Å². The van der Waals surface area contributed by atoms with E-state index in [2.05, 4.69) is 24.5 Å². The monoisotopic (exact) mass is 351 g/mol. The largest absolute Gasteiger partial charge is 0.352 e. The third kappa shape index (κ3) is 4.53. The molecular weight excluding hydrogens is 318 g/mol. The van der Waals surface area contributed by atoms with E-state index in [9.17, 15) is 14.4 Å². The van der Waals surface area contributed by atoms with Gasteiger partial charge in [-0.15, -0.1) is 0 Å². The van der Waals surface area contributed by atoms with Gasteiger partial charge in [0.2, 0.25) is 5.91 Å². The van der Waals surface area contributed by atoms with Crippen molar-refractivity contribution < 1.29 is 14.4 Å². The molecule has 142 valence electrons. The van der Waals surface area contributed by atoms with Gasteiger partial charge in [-0.3, -0.25) is 14.5 Å². The van der Waals surface area contributed by atoms with Gasteiger partial charge >= 0.3 is 6.03 Å². The summed E-state index contributed by atoms with van der Waals surface area (Å²) in [6.07, 6.45) is 6.71. The van der Waals surface area contributed by atoms with Crippen molar-refractivity contribution in [3.8, 4) is 0 Å². The van der Waals surface area contributed by atoms with Crippen LogP contribution in [0.1, 0.15) is 72.6 Å². The number of imide groups is 1. The van der Waals surface area contributed by atoms with Crippen LogP contribution in [-0.2, 0) is 9.59 Å². The Labute approximate surface area is 151 Å². The number of nitrogens with one attached hydrogen (secondary N) is 2. The van der Waals surface area contributed by atoms with Crippen molar-refractivity contribution in [2.75, 3.05) is 6.54 Å². The standard InChI is InChI=1S/C19H33N3O3/c1-13(2)8-7-10-15(4)20-16(23)12-22-17(24)19(21-18(22)25)11-6-5-9-14(19)3/h13-15H,5-12H2,1-4H3,(H,20,23)(H,21,25)/t14-,15+,19+/m1/s1. The maximum absolute atomic E-state index is 12.8. The Hall–Kier alpha value is -1.59. The Morgan fingerprint density at radius 3 is 2.64 bits per heavy atom. The van der Waals surface area contributed by atoms with E-state index in [1.54, 1.807) is 0 Å². The predicted octanol–water partition coefficient (Wildman–Crippen LogP) is 2.82. The van der Waals surface area contributed by atoms with Crippen molar-refractivity contribution in [2.45, 2.75) is 84.2 Å². The topological polar surface area (TPSA) is 78.5 Å². The molecule has 3 atom stereocenters. The molecule has 0 bridgehead atoms. The Balaban J connectivity index is 1.88. The van der Waals surface area contributed by atoms with Crippen molar-refractivity contribution in [3.05, 3.63) is 0 Å². The number of urea groups is 1. The van der Waals surface area contributed by atoms with Gasteiger partial charge in [0, 0.05) is 6.04 Å². The van der Waals surface area contributed by atoms with E-state index >= 15 is 0 Å². The summed E-state index contributed by atoms with van der Waals surface area (Å²) in [7, 11) is 0. The fraction of sp³-hybridized carbons (Fsp3) is 0.842. The highest BCUT2D eigenvalue weighted by Gasteiger charge is 2.55. The minimum atomic E-state index is -0.793. The second kappa shape index (κ2) is 8.19. The first-order valence-corrected chi connectivity index (χ1v) is 9.69. The zero-order valence-electron chi connectivity index (χ0n) is 16.1. The first kappa shape index (κ1) is 19.7.